The SMILES string of the molecule is COc1ccc(S(=O)(=O)[C@@H](CNC(=O)c2cccc(OC)c2)c2cccs2)cc1. The van der Waals surface area contributed by atoms with Crippen molar-refractivity contribution in [2.75, 3.05) is 20.8 Å². The lowest BCUT2D eigenvalue weighted by atomic mass is 10.2. The van der Waals surface area contributed by atoms with E-state index < -0.39 is 15.1 Å². The first-order valence-electron chi connectivity index (χ1n) is 8.79. The number of carbonyl (C=O) groups excluding carboxylic acids is 1. The average Bonchev–Trinajstić information content (AvgIpc) is 3.28. The quantitative estimate of drug-likeness (QED) is 0.588. The van der Waals surface area contributed by atoms with Crippen molar-refractivity contribution >= 4 is 27.1 Å². The molecule has 1 heterocycles. The van der Waals surface area contributed by atoms with Gasteiger partial charge >= 0.3 is 0 Å². The zero-order chi connectivity index (χ0) is 20.9. The first kappa shape index (κ1) is 20.9. The highest BCUT2D eigenvalue weighted by molar-refractivity contribution is 7.91. The molecule has 0 unspecified atom stereocenters. The zero-order valence-electron chi connectivity index (χ0n) is 16.0. The van der Waals surface area contributed by atoms with Gasteiger partial charge in [0, 0.05) is 17.0 Å². The standard InChI is InChI=1S/C21H21NO5S2/c1-26-16-8-10-18(11-9-16)29(24,25)20(19-7-4-12-28-19)14-22-21(23)15-5-3-6-17(13-15)27-2/h3-13,20H,14H2,1-2H3,(H,22,23)/t20-/m0/s1. The Labute approximate surface area is 174 Å². The molecule has 1 N–H and O–H groups in total. The van der Waals surface area contributed by atoms with Gasteiger partial charge in [-0.15, -0.1) is 11.3 Å². The Balaban J connectivity index is 1.85. The first-order valence-corrected chi connectivity index (χ1v) is 11.2. The average molecular weight is 432 g/mol. The molecule has 0 saturated heterocycles. The summed E-state index contributed by atoms with van der Waals surface area (Å²) in [6.07, 6.45) is 0. The molecule has 6 nitrogen and oxygen atoms in total. The summed E-state index contributed by atoms with van der Waals surface area (Å²) >= 11 is 1.34. The van der Waals surface area contributed by atoms with E-state index in [0.29, 0.717) is 21.9 Å². The number of thiophene rings is 1. The Morgan fingerprint density at radius 3 is 2.34 bits per heavy atom. The number of ether oxygens (including phenoxy) is 2. The second-order valence-electron chi connectivity index (χ2n) is 6.17. The van der Waals surface area contributed by atoms with Crippen molar-refractivity contribution in [2.45, 2.75) is 10.1 Å². The normalized spacial score (nSPS) is 12.2. The highest BCUT2D eigenvalue weighted by atomic mass is 32.2. The van der Waals surface area contributed by atoms with Crippen LogP contribution in [-0.4, -0.2) is 35.1 Å². The van der Waals surface area contributed by atoms with Crippen molar-refractivity contribution < 1.29 is 22.7 Å². The predicted molar refractivity (Wildman–Crippen MR) is 113 cm³/mol. The largest absolute Gasteiger partial charge is 0.497 e. The molecule has 0 aliphatic heterocycles. The van der Waals surface area contributed by atoms with Crippen LogP contribution in [0.25, 0.3) is 0 Å². The van der Waals surface area contributed by atoms with Crippen molar-refractivity contribution in [1.29, 1.82) is 0 Å². The number of hydrogen-bond acceptors (Lipinski definition) is 6. The molecule has 0 saturated carbocycles. The summed E-state index contributed by atoms with van der Waals surface area (Å²) in [5.74, 6) is 0.761. The van der Waals surface area contributed by atoms with E-state index in [2.05, 4.69) is 5.32 Å². The molecule has 0 radical (unpaired) electrons. The smallest absolute Gasteiger partial charge is 0.251 e. The molecule has 0 spiro atoms. The second kappa shape index (κ2) is 9.11. The van der Waals surface area contributed by atoms with Crippen molar-refractivity contribution in [3.63, 3.8) is 0 Å². The molecule has 3 aromatic rings. The van der Waals surface area contributed by atoms with E-state index >= 15 is 0 Å². The molecule has 152 valence electrons. The van der Waals surface area contributed by atoms with Gasteiger partial charge in [-0.3, -0.25) is 4.79 Å². The highest BCUT2D eigenvalue weighted by Crippen LogP contribution is 2.32. The Morgan fingerprint density at radius 2 is 1.72 bits per heavy atom. The first-order chi connectivity index (χ1) is 14.0. The summed E-state index contributed by atoms with van der Waals surface area (Å²) in [6, 6.07) is 16.5. The van der Waals surface area contributed by atoms with E-state index in [1.807, 2.05) is 5.38 Å². The van der Waals surface area contributed by atoms with Crippen LogP contribution in [0.2, 0.25) is 0 Å². The number of sulfone groups is 1. The lowest BCUT2D eigenvalue weighted by molar-refractivity contribution is 0.0953. The molecule has 29 heavy (non-hydrogen) atoms. The molecular weight excluding hydrogens is 410 g/mol. The van der Waals surface area contributed by atoms with Crippen LogP contribution in [0.4, 0.5) is 0 Å². The van der Waals surface area contributed by atoms with Crippen LogP contribution in [-0.2, 0) is 9.84 Å². The van der Waals surface area contributed by atoms with Crippen molar-refractivity contribution in [2.24, 2.45) is 0 Å². The highest BCUT2D eigenvalue weighted by Gasteiger charge is 2.30. The van der Waals surface area contributed by atoms with Gasteiger partial charge in [-0.1, -0.05) is 12.1 Å². The Kier molecular flexibility index (Phi) is 6.56. The van der Waals surface area contributed by atoms with Crippen molar-refractivity contribution in [3.05, 3.63) is 76.5 Å². The van der Waals surface area contributed by atoms with Gasteiger partial charge < -0.3 is 14.8 Å². The third-order valence-electron chi connectivity index (χ3n) is 4.40. The van der Waals surface area contributed by atoms with Gasteiger partial charge in [0.05, 0.1) is 19.1 Å². The van der Waals surface area contributed by atoms with Crippen LogP contribution >= 0.6 is 11.3 Å². The lowest BCUT2D eigenvalue weighted by Crippen LogP contribution is -2.31. The van der Waals surface area contributed by atoms with Crippen molar-refractivity contribution in [3.8, 4) is 11.5 Å². The summed E-state index contributed by atoms with van der Waals surface area (Å²) in [5.41, 5.74) is 0.399. The minimum Gasteiger partial charge on any atom is -0.497 e. The van der Waals surface area contributed by atoms with Crippen LogP contribution in [0.1, 0.15) is 20.5 Å². The van der Waals surface area contributed by atoms with Gasteiger partial charge in [0.25, 0.3) is 5.91 Å². The Morgan fingerprint density at radius 1 is 1.00 bits per heavy atom. The Bertz CT molecular complexity index is 1060. The molecule has 0 aliphatic carbocycles. The van der Waals surface area contributed by atoms with Gasteiger partial charge in [-0.2, -0.15) is 0 Å². The summed E-state index contributed by atoms with van der Waals surface area (Å²) in [7, 11) is -0.685. The fourth-order valence-electron chi connectivity index (χ4n) is 2.82. The monoisotopic (exact) mass is 431 g/mol. The van der Waals surface area contributed by atoms with Crippen LogP contribution in [0.15, 0.2) is 70.9 Å². The summed E-state index contributed by atoms with van der Waals surface area (Å²) in [4.78, 5) is 13.4. The maximum absolute atomic E-state index is 13.3. The maximum atomic E-state index is 13.3. The second-order valence-corrected chi connectivity index (χ2v) is 9.28. The third kappa shape index (κ3) is 4.78. The molecule has 1 aromatic heterocycles. The maximum Gasteiger partial charge on any atom is 0.251 e. The zero-order valence-corrected chi connectivity index (χ0v) is 17.6. The van der Waals surface area contributed by atoms with Gasteiger partial charge in [0.15, 0.2) is 9.84 Å². The fraction of sp³-hybridized carbons (Fsp3) is 0.190. The topological polar surface area (TPSA) is 81.7 Å². The van der Waals surface area contributed by atoms with E-state index in [0.717, 1.165) is 0 Å². The summed E-state index contributed by atoms with van der Waals surface area (Å²) < 4.78 is 36.8. The fourth-order valence-corrected chi connectivity index (χ4v) is 5.60. The number of nitrogens with one attached hydrogen (secondary N) is 1. The molecule has 3 rings (SSSR count). The van der Waals surface area contributed by atoms with Gasteiger partial charge in [-0.05, 0) is 53.9 Å². The van der Waals surface area contributed by atoms with Crippen molar-refractivity contribution in [1.82, 2.24) is 5.32 Å². The molecular formula is C21H21NO5S2. The van der Waals surface area contributed by atoms with Crippen LogP contribution < -0.4 is 14.8 Å². The van der Waals surface area contributed by atoms with Crippen LogP contribution in [0, 0.1) is 0 Å². The number of methoxy groups -OCH3 is 2. The van der Waals surface area contributed by atoms with E-state index in [1.165, 1.54) is 37.7 Å². The lowest BCUT2D eigenvalue weighted by Gasteiger charge is -2.18. The predicted octanol–water partition coefficient (Wildman–Crippen LogP) is 3.71. The third-order valence-corrected chi connectivity index (χ3v) is 7.64. The minimum absolute atomic E-state index is 0.0507. The van der Waals surface area contributed by atoms with E-state index in [-0.39, 0.29) is 17.3 Å². The Hall–Kier alpha value is -2.84. The minimum atomic E-state index is -3.72. The number of rotatable bonds is 8. The van der Waals surface area contributed by atoms with E-state index in [9.17, 15) is 13.2 Å². The molecule has 0 fully saturated rings. The molecule has 1 amide bonds. The molecule has 0 aliphatic rings. The van der Waals surface area contributed by atoms with Crippen LogP contribution in [0.5, 0.6) is 11.5 Å². The molecule has 8 heteroatoms. The number of carbonyl (C=O) groups is 1. The number of amides is 1. The van der Waals surface area contributed by atoms with Crippen LogP contribution in [0.3, 0.4) is 0 Å². The van der Waals surface area contributed by atoms with Gasteiger partial charge in [0.1, 0.15) is 16.7 Å². The van der Waals surface area contributed by atoms with Gasteiger partial charge in [0.2, 0.25) is 0 Å². The summed E-state index contributed by atoms with van der Waals surface area (Å²) in [6.45, 7) is -0.0507. The molecule has 2 aromatic carbocycles. The van der Waals surface area contributed by atoms with E-state index in [4.69, 9.17) is 9.47 Å². The molecule has 0 bridgehead atoms. The van der Waals surface area contributed by atoms with E-state index in [1.54, 1.807) is 48.5 Å². The van der Waals surface area contributed by atoms with Gasteiger partial charge in [-0.25, -0.2) is 8.42 Å². The molecule has 1 atom stereocenters. The number of hydrogen-bond donors (Lipinski definition) is 1. The summed E-state index contributed by atoms with van der Waals surface area (Å²) in [5, 5.41) is 3.66. The number of benzene rings is 2.